The summed E-state index contributed by atoms with van der Waals surface area (Å²) in [6.07, 6.45) is 8.23. The highest BCUT2D eigenvalue weighted by molar-refractivity contribution is 5.50. The topological polar surface area (TPSA) is 45.2 Å². The summed E-state index contributed by atoms with van der Waals surface area (Å²) < 4.78 is 0. The van der Waals surface area contributed by atoms with Crippen LogP contribution < -0.4 is 5.32 Å². The maximum Gasteiger partial charge on any atom is 0.0661 e. The quantitative estimate of drug-likeness (QED) is 0.845. The van der Waals surface area contributed by atoms with Gasteiger partial charge in [0.05, 0.1) is 12.1 Å². The van der Waals surface area contributed by atoms with Crippen molar-refractivity contribution in [2.75, 3.05) is 11.9 Å². The first-order chi connectivity index (χ1) is 8.15. The summed E-state index contributed by atoms with van der Waals surface area (Å²) in [5.74, 6) is 0.686. The molecule has 1 heterocycles. The molecule has 0 aliphatic heterocycles. The van der Waals surface area contributed by atoms with E-state index in [1.807, 2.05) is 19.2 Å². The molecule has 1 aromatic heterocycles. The first-order valence-electron chi connectivity index (χ1n) is 6.45. The van der Waals surface area contributed by atoms with Gasteiger partial charge in [0.2, 0.25) is 0 Å². The predicted octanol–water partition coefficient (Wildman–Crippen LogP) is 2.74. The molecule has 1 aliphatic carbocycles. The van der Waals surface area contributed by atoms with Crippen molar-refractivity contribution in [3.63, 3.8) is 0 Å². The predicted molar refractivity (Wildman–Crippen MR) is 70.0 cm³/mol. The number of hydrogen-bond acceptors (Lipinski definition) is 3. The van der Waals surface area contributed by atoms with E-state index in [-0.39, 0.29) is 12.1 Å². The first kappa shape index (κ1) is 12.4. The number of pyridine rings is 1. The number of rotatable bonds is 3. The van der Waals surface area contributed by atoms with E-state index in [1.165, 1.54) is 12.8 Å². The molecule has 3 nitrogen and oxygen atoms in total. The molecule has 1 aromatic rings. The van der Waals surface area contributed by atoms with Crippen LogP contribution in [-0.4, -0.2) is 22.2 Å². The van der Waals surface area contributed by atoms with Crippen LogP contribution in [-0.2, 0) is 0 Å². The summed E-state index contributed by atoms with van der Waals surface area (Å²) >= 11 is 0. The highest BCUT2D eigenvalue weighted by Gasteiger charge is 2.34. The molecule has 2 rings (SSSR count). The Morgan fingerprint density at radius 1 is 1.59 bits per heavy atom. The van der Waals surface area contributed by atoms with Crippen LogP contribution in [0.3, 0.4) is 0 Å². The molecule has 17 heavy (non-hydrogen) atoms. The van der Waals surface area contributed by atoms with Gasteiger partial charge in [0.1, 0.15) is 0 Å². The molecule has 0 spiro atoms. The molecule has 1 aliphatic rings. The summed E-state index contributed by atoms with van der Waals surface area (Å²) in [6.45, 7) is 4.52. The van der Waals surface area contributed by atoms with E-state index in [2.05, 4.69) is 17.2 Å². The van der Waals surface area contributed by atoms with Gasteiger partial charge in [0, 0.05) is 18.1 Å². The van der Waals surface area contributed by atoms with Crippen LogP contribution in [0.1, 0.15) is 38.2 Å². The fourth-order valence-electron chi connectivity index (χ4n) is 2.86. The van der Waals surface area contributed by atoms with Crippen molar-refractivity contribution in [2.24, 2.45) is 5.92 Å². The number of aryl methyl sites for hydroxylation is 1. The van der Waals surface area contributed by atoms with E-state index in [0.29, 0.717) is 5.92 Å². The Morgan fingerprint density at radius 2 is 2.41 bits per heavy atom. The van der Waals surface area contributed by atoms with E-state index in [4.69, 9.17) is 0 Å². The molecular formula is C14H22N2O. The number of aliphatic hydroxyl groups is 1. The van der Waals surface area contributed by atoms with Crippen LogP contribution in [0.4, 0.5) is 5.69 Å². The van der Waals surface area contributed by atoms with E-state index < -0.39 is 0 Å². The van der Waals surface area contributed by atoms with Crippen LogP contribution in [0.15, 0.2) is 18.5 Å². The molecule has 3 heteroatoms. The third-order valence-electron chi connectivity index (χ3n) is 3.81. The van der Waals surface area contributed by atoms with Gasteiger partial charge in [-0.2, -0.15) is 0 Å². The molecular weight excluding hydrogens is 212 g/mol. The lowest BCUT2D eigenvalue weighted by molar-refractivity contribution is 0.149. The van der Waals surface area contributed by atoms with Gasteiger partial charge in [-0.1, -0.05) is 19.8 Å². The fourth-order valence-corrected chi connectivity index (χ4v) is 2.86. The van der Waals surface area contributed by atoms with Gasteiger partial charge in [-0.3, -0.25) is 4.98 Å². The van der Waals surface area contributed by atoms with Crippen molar-refractivity contribution in [1.29, 1.82) is 0 Å². The number of aliphatic hydroxyl groups excluding tert-OH is 1. The summed E-state index contributed by atoms with van der Waals surface area (Å²) in [6, 6.07) is 1.99. The Hall–Kier alpha value is -1.09. The summed E-state index contributed by atoms with van der Waals surface area (Å²) in [5.41, 5.74) is 2.10. The highest BCUT2D eigenvalue weighted by atomic mass is 16.3. The maximum atomic E-state index is 9.73. The summed E-state index contributed by atoms with van der Waals surface area (Å²) in [7, 11) is 0. The molecule has 0 aromatic carbocycles. The second-order valence-electron chi connectivity index (χ2n) is 5.46. The highest BCUT2D eigenvalue weighted by Crippen LogP contribution is 2.35. The summed E-state index contributed by atoms with van der Waals surface area (Å²) in [5, 5.41) is 13.3. The smallest absolute Gasteiger partial charge is 0.0661 e. The number of nitrogens with one attached hydrogen (secondary N) is 1. The Balaban J connectivity index is 2.17. The lowest BCUT2D eigenvalue weighted by atomic mass is 9.76. The number of aromatic nitrogens is 1. The molecule has 2 unspecified atom stereocenters. The minimum Gasteiger partial charge on any atom is -0.394 e. The van der Waals surface area contributed by atoms with Crippen LogP contribution >= 0.6 is 0 Å². The third-order valence-corrected chi connectivity index (χ3v) is 3.81. The van der Waals surface area contributed by atoms with Crippen molar-refractivity contribution in [2.45, 2.75) is 45.1 Å². The van der Waals surface area contributed by atoms with E-state index in [1.54, 1.807) is 6.20 Å². The van der Waals surface area contributed by atoms with Gasteiger partial charge in [0.25, 0.3) is 0 Å². The van der Waals surface area contributed by atoms with Gasteiger partial charge in [-0.05, 0) is 37.3 Å². The Bertz CT molecular complexity index is 380. The van der Waals surface area contributed by atoms with E-state index in [0.717, 1.165) is 24.1 Å². The zero-order chi connectivity index (χ0) is 12.3. The second-order valence-corrected chi connectivity index (χ2v) is 5.46. The van der Waals surface area contributed by atoms with Crippen LogP contribution in [0.25, 0.3) is 0 Å². The zero-order valence-electron chi connectivity index (χ0n) is 10.7. The SMILES string of the molecule is Cc1cnccc1NC1(CO)CCCC(C)C1. The van der Waals surface area contributed by atoms with Gasteiger partial charge in [0.15, 0.2) is 0 Å². The van der Waals surface area contributed by atoms with Crippen molar-refractivity contribution in [1.82, 2.24) is 4.98 Å². The second kappa shape index (κ2) is 5.05. The third kappa shape index (κ3) is 2.78. The lowest BCUT2D eigenvalue weighted by Gasteiger charge is -2.40. The first-order valence-corrected chi connectivity index (χ1v) is 6.45. The fraction of sp³-hybridized carbons (Fsp3) is 0.643. The molecule has 2 N–H and O–H groups in total. The number of nitrogens with zero attached hydrogens (tertiary/aromatic N) is 1. The largest absolute Gasteiger partial charge is 0.394 e. The monoisotopic (exact) mass is 234 g/mol. The Morgan fingerprint density at radius 3 is 3.06 bits per heavy atom. The van der Waals surface area contributed by atoms with Gasteiger partial charge < -0.3 is 10.4 Å². The number of anilines is 1. The maximum absolute atomic E-state index is 9.73. The standard InChI is InChI=1S/C14H22N2O/c1-11-4-3-6-14(8-11,10-17)16-13-5-7-15-9-12(13)2/h5,7,9,11,17H,3-4,6,8,10H2,1-2H3,(H,15,16). The van der Waals surface area contributed by atoms with Gasteiger partial charge >= 0.3 is 0 Å². The van der Waals surface area contributed by atoms with Crippen LogP contribution in [0.5, 0.6) is 0 Å². The molecule has 2 atom stereocenters. The van der Waals surface area contributed by atoms with Crippen LogP contribution in [0, 0.1) is 12.8 Å². The van der Waals surface area contributed by atoms with Crippen molar-refractivity contribution >= 4 is 5.69 Å². The van der Waals surface area contributed by atoms with Crippen molar-refractivity contribution in [3.05, 3.63) is 24.0 Å². The lowest BCUT2D eigenvalue weighted by Crippen LogP contribution is -2.46. The van der Waals surface area contributed by atoms with Crippen molar-refractivity contribution in [3.8, 4) is 0 Å². The average molecular weight is 234 g/mol. The van der Waals surface area contributed by atoms with Crippen LogP contribution in [0.2, 0.25) is 0 Å². The molecule has 0 radical (unpaired) electrons. The molecule has 0 saturated heterocycles. The minimum atomic E-state index is -0.135. The van der Waals surface area contributed by atoms with E-state index in [9.17, 15) is 5.11 Å². The molecule has 94 valence electrons. The molecule has 0 amide bonds. The van der Waals surface area contributed by atoms with Crippen molar-refractivity contribution < 1.29 is 5.11 Å². The molecule has 1 saturated carbocycles. The van der Waals surface area contributed by atoms with Gasteiger partial charge in [-0.25, -0.2) is 0 Å². The molecule has 0 bridgehead atoms. The summed E-state index contributed by atoms with van der Waals surface area (Å²) in [4.78, 5) is 4.10. The van der Waals surface area contributed by atoms with E-state index >= 15 is 0 Å². The Kier molecular flexibility index (Phi) is 3.67. The minimum absolute atomic E-state index is 0.135. The molecule has 1 fully saturated rings. The zero-order valence-corrected chi connectivity index (χ0v) is 10.7. The number of hydrogen-bond donors (Lipinski definition) is 2. The Labute approximate surface area is 103 Å². The van der Waals surface area contributed by atoms with Gasteiger partial charge in [-0.15, -0.1) is 0 Å². The normalized spacial score (nSPS) is 29.0. The average Bonchev–Trinajstić information content (AvgIpc) is 2.32.